The minimum absolute atomic E-state index is 0.0550. The molecule has 0 spiro atoms. The first-order valence-corrected chi connectivity index (χ1v) is 10.1. The van der Waals surface area contributed by atoms with Crippen LogP contribution >= 0.6 is 11.8 Å². The van der Waals surface area contributed by atoms with E-state index in [4.69, 9.17) is 0 Å². The average Bonchev–Trinajstić information content (AvgIpc) is 2.75. The summed E-state index contributed by atoms with van der Waals surface area (Å²) in [4.78, 5) is 1.39. The highest BCUT2D eigenvalue weighted by atomic mass is 32.2. The summed E-state index contributed by atoms with van der Waals surface area (Å²) in [6.07, 6.45) is 1.06. The van der Waals surface area contributed by atoms with Gasteiger partial charge in [0.1, 0.15) is 5.75 Å². The summed E-state index contributed by atoms with van der Waals surface area (Å²) in [5, 5.41) is 11.2. The van der Waals surface area contributed by atoms with E-state index in [2.05, 4.69) is 87.1 Å². The summed E-state index contributed by atoms with van der Waals surface area (Å²) in [6, 6.07) is 2.27. The van der Waals surface area contributed by atoms with Crippen molar-refractivity contribution in [3.63, 3.8) is 0 Å². The zero-order chi connectivity index (χ0) is 18.7. The molecular formula is C22H36OS. The molecule has 0 unspecified atom stereocenters. The van der Waals surface area contributed by atoms with Gasteiger partial charge >= 0.3 is 0 Å². The van der Waals surface area contributed by atoms with Crippen molar-refractivity contribution < 1.29 is 5.11 Å². The number of fused-ring (bicyclic) bond motifs is 1. The molecule has 0 bridgehead atoms. The third-order valence-corrected chi connectivity index (χ3v) is 7.68. The van der Waals surface area contributed by atoms with Crippen LogP contribution in [0.2, 0.25) is 0 Å². The predicted octanol–water partition coefficient (Wildman–Crippen LogP) is 6.69. The minimum Gasteiger partial charge on any atom is -0.507 e. The van der Waals surface area contributed by atoms with Crippen LogP contribution in [-0.4, -0.2) is 9.85 Å². The normalized spacial score (nSPS) is 17.7. The summed E-state index contributed by atoms with van der Waals surface area (Å²) >= 11 is 2.06. The molecule has 0 fully saturated rings. The van der Waals surface area contributed by atoms with Crippen LogP contribution in [0.25, 0.3) is 0 Å². The molecule has 136 valence electrons. The van der Waals surface area contributed by atoms with E-state index in [0.29, 0.717) is 17.6 Å². The Bertz CT molecular complexity index is 619. The number of rotatable bonds is 2. The molecule has 0 saturated heterocycles. The summed E-state index contributed by atoms with van der Waals surface area (Å²) in [5.74, 6) is 1.73. The van der Waals surface area contributed by atoms with E-state index in [9.17, 15) is 5.11 Å². The molecule has 0 amide bonds. The largest absolute Gasteiger partial charge is 0.507 e. The van der Waals surface area contributed by atoms with Gasteiger partial charge in [0.2, 0.25) is 0 Å². The number of phenols is 1. The molecule has 1 aromatic carbocycles. The molecule has 0 aliphatic carbocycles. The standard InChI is InChI=1S/C22H36OS/c1-13(2)22(14(3)4)12-15-17(24-22)11-16(20(5,6)7)19(23)18(15)21(8,9)10/h11,13-14,23H,12H2,1-10H3. The molecule has 1 aliphatic rings. The highest BCUT2D eigenvalue weighted by Crippen LogP contribution is 2.57. The first kappa shape index (κ1) is 19.7. The lowest BCUT2D eigenvalue weighted by molar-refractivity contribution is 0.335. The highest BCUT2D eigenvalue weighted by molar-refractivity contribution is 8.01. The Kier molecular flexibility index (Phi) is 4.90. The smallest absolute Gasteiger partial charge is 0.123 e. The van der Waals surface area contributed by atoms with Gasteiger partial charge in [0, 0.05) is 20.8 Å². The molecule has 1 aromatic rings. The molecule has 0 aromatic heterocycles. The lowest BCUT2D eigenvalue weighted by Crippen LogP contribution is -2.37. The van der Waals surface area contributed by atoms with Gasteiger partial charge in [-0.2, -0.15) is 0 Å². The van der Waals surface area contributed by atoms with E-state index in [1.165, 1.54) is 16.0 Å². The van der Waals surface area contributed by atoms with Crippen LogP contribution in [0.3, 0.4) is 0 Å². The molecule has 0 saturated carbocycles. The fraction of sp³-hybridized carbons (Fsp3) is 0.727. The van der Waals surface area contributed by atoms with E-state index in [-0.39, 0.29) is 15.6 Å². The van der Waals surface area contributed by atoms with Gasteiger partial charge in [0.15, 0.2) is 0 Å². The number of benzene rings is 1. The highest BCUT2D eigenvalue weighted by Gasteiger charge is 2.46. The van der Waals surface area contributed by atoms with Crippen molar-refractivity contribution in [2.45, 2.75) is 96.1 Å². The van der Waals surface area contributed by atoms with Crippen LogP contribution in [-0.2, 0) is 17.3 Å². The maximum Gasteiger partial charge on any atom is 0.123 e. The first-order valence-electron chi connectivity index (χ1n) is 9.30. The molecule has 0 atom stereocenters. The second-order valence-corrected chi connectivity index (χ2v) is 11.6. The molecule has 1 heterocycles. The van der Waals surface area contributed by atoms with Gasteiger partial charge in [-0.1, -0.05) is 69.2 Å². The Morgan fingerprint density at radius 2 is 1.46 bits per heavy atom. The van der Waals surface area contributed by atoms with Gasteiger partial charge in [-0.3, -0.25) is 0 Å². The Hall–Kier alpha value is -0.630. The van der Waals surface area contributed by atoms with Crippen LogP contribution in [0.5, 0.6) is 5.75 Å². The Morgan fingerprint density at radius 1 is 0.958 bits per heavy atom. The number of hydrogen-bond acceptors (Lipinski definition) is 2. The molecule has 0 radical (unpaired) electrons. The van der Waals surface area contributed by atoms with Gasteiger partial charge in [0.25, 0.3) is 0 Å². The SMILES string of the molecule is CC(C)C1(C(C)C)Cc2c(cc(C(C)(C)C)c(O)c2C(C)(C)C)S1. The molecule has 1 aliphatic heterocycles. The molecule has 24 heavy (non-hydrogen) atoms. The van der Waals surface area contributed by atoms with Crippen molar-refractivity contribution in [2.75, 3.05) is 0 Å². The Morgan fingerprint density at radius 3 is 1.83 bits per heavy atom. The van der Waals surface area contributed by atoms with E-state index in [1.807, 2.05) is 0 Å². The second-order valence-electron chi connectivity index (χ2n) is 10.2. The lowest BCUT2D eigenvalue weighted by Gasteiger charge is -2.37. The van der Waals surface area contributed by atoms with Crippen LogP contribution in [0.1, 0.15) is 85.9 Å². The molecule has 2 heteroatoms. The zero-order valence-corrected chi connectivity index (χ0v) is 18.1. The van der Waals surface area contributed by atoms with Crippen molar-refractivity contribution in [2.24, 2.45) is 11.8 Å². The van der Waals surface area contributed by atoms with E-state index < -0.39 is 0 Å². The third-order valence-electron chi connectivity index (χ3n) is 5.63. The maximum atomic E-state index is 11.2. The van der Waals surface area contributed by atoms with Crippen LogP contribution in [0, 0.1) is 11.8 Å². The van der Waals surface area contributed by atoms with Gasteiger partial charge in [-0.25, -0.2) is 0 Å². The summed E-state index contributed by atoms with van der Waals surface area (Å²) in [7, 11) is 0. The van der Waals surface area contributed by atoms with Crippen LogP contribution in [0.4, 0.5) is 0 Å². The zero-order valence-electron chi connectivity index (χ0n) is 17.3. The second kappa shape index (κ2) is 5.97. The van der Waals surface area contributed by atoms with E-state index in [1.54, 1.807) is 0 Å². The molecule has 1 nitrogen and oxygen atoms in total. The van der Waals surface area contributed by atoms with Crippen molar-refractivity contribution >= 4 is 11.8 Å². The lowest BCUT2D eigenvalue weighted by atomic mass is 9.73. The Balaban J connectivity index is 2.76. The maximum absolute atomic E-state index is 11.2. The van der Waals surface area contributed by atoms with Crippen LogP contribution in [0.15, 0.2) is 11.0 Å². The topological polar surface area (TPSA) is 20.2 Å². The molecule has 2 rings (SSSR count). The monoisotopic (exact) mass is 348 g/mol. The fourth-order valence-corrected chi connectivity index (χ4v) is 5.73. The van der Waals surface area contributed by atoms with Crippen molar-refractivity contribution in [3.8, 4) is 5.75 Å². The Labute approximate surface area is 153 Å². The number of aromatic hydroxyl groups is 1. The summed E-state index contributed by atoms with van der Waals surface area (Å²) < 4.78 is 0.227. The average molecular weight is 349 g/mol. The first-order chi connectivity index (χ1) is 10.7. The summed E-state index contributed by atoms with van der Waals surface area (Å²) in [5.41, 5.74) is 3.53. The van der Waals surface area contributed by atoms with Gasteiger partial charge in [-0.05, 0) is 40.7 Å². The molecular weight excluding hydrogens is 312 g/mol. The number of phenolic OH excluding ortho intramolecular Hbond substituents is 1. The van der Waals surface area contributed by atoms with Gasteiger partial charge in [0.05, 0.1) is 0 Å². The third kappa shape index (κ3) is 3.11. The van der Waals surface area contributed by atoms with Gasteiger partial charge < -0.3 is 5.11 Å². The summed E-state index contributed by atoms with van der Waals surface area (Å²) in [6.45, 7) is 22.6. The quantitative estimate of drug-likeness (QED) is 0.642. The number of hydrogen-bond donors (Lipinski definition) is 1. The van der Waals surface area contributed by atoms with E-state index >= 15 is 0 Å². The van der Waals surface area contributed by atoms with Crippen molar-refractivity contribution in [3.05, 3.63) is 22.8 Å². The van der Waals surface area contributed by atoms with Gasteiger partial charge in [-0.15, -0.1) is 11.8 Å². The minimum atomic E-state index is -0.0555. The molecule has 1 N–H and O–H groups in total. The number of thioether (sulfide) groups is 1. The fourth-order valence-electron chi connectivity index (χ4n) is 4.16. The van der Waals surface area contributed by atoms with Crippen molar-refractivity contribution in [1.29, 1.82) is 0 Å². The van der Waals surface area contributed by atoms with Crippen molar-refractivity contribution in [1.82, 2.24) is 0 Å². The predicted molar refractivity (Wildman–Crippen MR) is 107 cm³/mol. The van der Waals surface area contributed by atoms with Crippen LogP contribution < -0.4 is 0 Å². The van der Waals surface area contributed by atoms with E-state index in [0.717, 1.165) is 12.0 Å².